The Morgan fingerprint density at radius 1 is 0.345 bits per heavy atom. The zero-order chi connectivity index (χ0) is 86.2. The minimum absolute atomic E-state index is 0.445. The molecule has 22 rings (SSSR count). The van der Waals surface area contributed by atoms with Crippen molar-refractivity contribution in [1.29, 1.82) is 0 Å². The number of benzene rings is 12. The average Bonchev–Trinajstić information content (AvgIpc) is 1.59. The number of fused-ring (bicyclic) bond motifs is 20. The van der Waals surface area contributed by atoms with Crippen LogP contribution >= 0.6 is 0 Å². The second-order valence-corrected chi connectivity index (χ2v) is 32.2. The summed E-state index contributed by atoms with van der Waals surface area (Å²) in [7, 11) is 8.08. The molecule has 572 valence electrons. The molecular formula is C108H100N4O4+4. The summed E-state index contributed by atoms with van der Waals surface area (Å²) in [4.78, 5) is 0. The number of aryl methyl sites for hydroxylation is 9. The molecule has 1 unspecified atom stereocenters. The van der Waals surface area contributed by atoms with Crippen LogP contribution in [-0.2, 0) is 34.6 Å². The van der Waals surface area contributed by atoms with Gasteiger partial charge in [0.15, 0.2) is 24.8 Å². The lowest BCUT2D eigenvalue weighted by molar-refractivity contribution is -0.660. The van der Waals surface area contributed by atoms with Crippen LogP contribution in [0.25, 0.3) is 176 Å². The lowest BCUT2D eigenvalue weighted by Crippen LogP contribution is -2.31. The third-order valence-electron chi connectivity index (χ3n) is 24.7. The first-order valence-electron chi connectivity index (χ1n) is 44.9. The molecule has 0 aliphatic heterocycles. The quantitative estimate of drug-likeness (QED) is 0.142. The molecule has 0 spiro atoms. The van der Waals surface area contributed by atoms with Crippen molar-refractivity contribution in [3.05, 3.63) is 312 Å². The van der Waals surface area contributed by atoms with Crippen LogP contribution in [0.15, 0.2) is 285 Å². The average molecular weight is 1530 g/mol. The molecule has 20 aromatic rings. The van der Waals surface area contributed by atoms with Crippen LogP contribution in [-0.4, -0.2) is 0 Å². The molecule has 12 aromatic carbocycles. The van der Waals surface area contributed by atoms with Crippen LogP contribution in [0.1, 0.15) is 152 Å². The summed E-state index contributed by atoms with van der Waals surface area (Å²) in [6.07, 6.45) is 16.2. The van der Waals surface area contributed by atoms with Crippen molar-refractivity contribution in [1.82, 2.24) is 0 Å². The van der Waals surface area contributed by atoms with Gasteiger partial charge >= 0.3 is 0 Å². The summed E-state index contributed by atoms with van der Waals surface area (Å²) in [5.41, 5.74) is 23.5. The second-order valence-electron chi connectivity index (χ2n) is 32.2. The molecule has 2 aliphatic carbocycles. The number of nitrogens with zero attached hydrogens (tertiary/aromatic N) is 4. The minimum Gasteiger partial charge on any atom is -0.456 e. The van der Waals surface area contributed by atoms with E-state index >= 15 is 0 Å². The highest BCUT2D eigenvalue weighted by atomic mass is 16.3. The minimum atomic E-state index is -2.43. The van der Waals surface area contributed by atoms with Crippen molar-refractivity contribution in [3.63, 3.8) is 0 Å². The highest BCUT2D eigenvalue weighted by Gasteiger charge is 2.27. The van der Waals surface area contributed by atoms with E-state index in [-0.39, 0.29) is 0 Å². The van der Waals surface area contributed by atoms with E-state index < -0.39 is 30.9 Å². The summed E-state index contributed by atoms with van der Waals surface area (Å²) < 4.78 is 99.5. The Hall–Kier alpha value is -12.5. The third kappa shape index (κ3) is 13.4. The summed E-state index contributed by atoms with van der Waals surface area (Å²) in [6.45, 7) is 9.12. The SMILES string of the molecule is [2H]C([2H])(C)c1cc[n+](C)c(-c2cc3oc4ccc5ccccc5c4c3cc2C)c1.[2H]C([2H])([2H])C([2H])(C)c1cc[n+](C)c(-c2cc3oc4ccc5ccccc5c4c3cc2C)c1.[2H]C1(c2cc[n+](C)c(-c3cc4oc5ccc6ccccc6c5c4cc3C)c2)CCCC1.[2H]C1(c2cc[n+](C)c(-c3cc4oc5ccc6ccccc6c5c4cc3C)c2)CCCCC1. The maximum atomic E-state index is 9.10. The standard InChI is InChI=1S/C29H28NO.C28H26NO.C26H24NO.C25H22NO/c1-19-16-25-28(31-27-13-12-21-10-6-7-11-23(21)29(25)27)18-24(19)26-17-22(14-15-30(26)2)20-8-4-3-5-9-20;1-18-15-24-27(30-26-12-11-20-9-5-6-10-22(20)28(24)26)17-23(18)25-16-21(13-14-29(25)2)19-7-3-4-8-19;1-16(2)19-11-12-27(4)23(14-19)21-15-25-22(13-17(21)3)26-20-8-6-5-7-18(20)9-10-24(26)28-25;1-4-17-11-12-26(3)22(14-17)20-15-24-21(13-16(20)2)25-19-8-6-5-7-18(19)9-10-23(25)27-24/h6-7,10-18,20H,3-5,8-9H2,1-2H3;5-6,9-17,19H,3-4,7-8H2,1-2H3;5-16H,1-4H3;5-15H,4H2,1-3H3/q4*+1/i20D;19D;1D3,16D;4D2. The van der Waals surface area contributed by atoms with Gasteiger partial charge in [-0.05, 0) is 238 Å². The molecule has 1 atom stereocenters. The zero-order valence-corrected chi connectivity index (χ0v) is 67.7. The Balaban J connectivity index is 0.000000108. The van der Waals surface area contributed by atoms with Crippen molar-refractivity contribution in [2.24, 2.45) is 28.2 Å². The van der Waals surface area contributed by atoms with E-state index in [1.54, 1.807) is 13.0 Å². The number of hydrogen-bond donors (Lipinski definition) is 0. The Kier molecular flexibility index (Phi) is 17.0. The predicted octanol–water partition coefficient (Wildman–Crippen LogP) is 27.5. The number of hydrogen-bond acceptors (Lipinski definition) is 4. The lowest BCUT2D eigenvalue weighted by atomic mass is 9.84. The van der Waals surface area contributed by atoms with Crippen molar-refractivity contribution < 1.29 is 46.9 Å². The van der Waals surface area contributed by atoms with E-state index in [0.717, 1.165) is 179 Å². The third-order valence-corrected chi connectivity index (χ3v) is 24.7. The summed E-state index contributed by atoms with van der Waals surface area (Å²) in [6, 6.07) is 83.7. The molecule has 2 aliphatic rings. The zero-order valence-electron chi connectivity index (χ0n) is 75.7. The molecule has 0 radical (unpaired) electrons. The van der Waals surface area contributed by atoms with Crippen LogP contribution in [0.4, 0.5) is 0 Å². The first-order valence-corrected chi connectivity index (χ1v) is 40.9. The van der Waals surface area contributed by atoms with Gasteiger partial charge in [0.2, 0.25) is 22.8 Å². The Labute approximate surface area is 689 Å². The Morgan fingerprint density at radius 2 is 0.647 bits per heavy atom. The molecule has 8 nitrogen and oxygen atoms in total. The fourth-order valence-corrected chi connectivity index (χ4v) is 18.4. The number of pyridine rings is 4. The largest absolute Gasteiger partial charge is 0.456 e. The van der Waals surface area contributed by atoms with E-state index in [1.807, 2.05) is 84.2 Å². The molecule has 8 heterocycles. The molecule has 0 amide bonds. The van der Waals surface area contributed by atoms with Gasteiger partial charge < -0.3 is 17.7 Å². The van der Waals surface area contributed by atoms with Gasteiger partial charge in [-0.1, -0.05) is 174 Å². The Bertz CT molecular complexity index is 7700. The van der Waals surface area contributed by atoms with Gasteiger partial charge in [-0.25, -0.2) is 18.3 Å². The summed E-state index contributed by atoms with van der Waals surface area (Å²) in [5, 5.41) is 18.8. The van der Waals surface area contributed by atoms with Crippen molar-refractivity contribution in [3.8, 4) is 45.0 Å². The maximum absolute atomic E-state index is 9.10. The molecule has 2 fully saturated rings. The van der Waals surface area contributed by atoms with Gasteiger partial charge in [0, 0.05) is 103 Å². The fourth-order valence-electron chi connectivity index (χ4n) is 18.4. The van der Waals surface area contributed by atoms with E-state index in [9.17, 15) is 0 Å². The number of rotatable bonds is 8. The topological polar surface area (TPSA) is 68.1 Å². The van der Waals surface area contributed by atoms with E-state index in [0.29, 0.717) is 11.1 Å². The molecule has 0 N–H and O–H groups in total. The number of furan rings is 4. The molecule has 2 saturated carbocycles. The monoisotopic (exact) mass is 1520 g/mol. The van der Waals surface area contributed by atoms with E-state index in [1.165, 1.54) is 94.8 Å². The van der Waals surface area contributed by atoms with Gasteiger partial charge in [0.1, 0.15) is 72.9 Å². The first-order chi connectivity index (χ1) is 59.5. The van der Waals surface area contributed by atoms with Gasteiger partial charge in [-0.15, -0.1) is 0 Å². The fraction of sp³-hybridized carbons (Fsp3) is 0.222. The predicted molar refractivity (Wildman–Crippen MR) is 481 cm³/mol. The normalized spacial score (nSPS) is 15.8. The van der Waals surface area contributed by atoms with E-state index in [2.05, 4.69) is 251 Å². The van der Waals surface area contributed by atoms with Gasteiger partial charge in [-0.3, -0.25) is 0 Å². The highest BCUT2D eigenvalue weighted by Crippen LogP contribution is 2.45. The second kappa shape index (κ2) is 30.3. The van der Waals surface area contributed by atoms with Crippen LogP contribution in [0.2, 0.25) is 0 Å². The smallest absolute Gasteiger partial charge is 0.212 e. The van der Waals surface area contributed by atoms with Crippen LogP contribution in [0.5, 0.6) is 0 Å². The maximum Gasteiger partial charge on any atom is 0.212 e. The van der Waals surface area contributed by atoms with Gasteiger partial charge in [0.25, 0.3) is 0 Å². The lowest BCUT2D eigenvalue weighted by Gasteiger charge is -2.21. The van der Waals surface area contributed by atoms with Crippen LogP contribution in [0.3, 0.4) is 0 Å². The van der Waals surface area contributed by atoms with Crippen molar-refractivity contribution in [2.75, 3.05) is 0 Å². The molecule has 8 heteroatoms. The van der Waals surface area contributed by atoms with Crippen LogP contribution in [0, 0.1) is 27.7 Å². The van der Waals surface area contributed by atoms with Crippen molar-refractivity contribution >= 4 is 131 Å². The first kappa shape index (κ1) is 64.8. The highest BCUT2D eigenvalue weighted by molar-refractivity contribution is 6.23. The molecular weight excluding hydrogens is 1420 g/mol. The van der Waals surface area contributed by atoms with E-state index in [4.69, 9.17) is 28.6 Å². The van der Waals surface area contributed by atoms with Gasteiger partial charge in [0.05, 0.1) is 22.3 Å². The Morgan fingerprint density at radius 3 is 0.983 bits per heavy atom. The van der Waals surface area contributed by atoms with Gasteiger partial charge in [-0.2, -0.15) is 0 Å². The number of aromatic nitrogens is 4. The summed E-state index contributed by atoms with van der Waals surface area (Å²) >= 11 is 0. The molecule has 8 aromatic heterocycles. The molecule has 0 bridgehead atoms. The summed E-state index contributed by atoms with van der Waals surface area (Å²) in [5.74, 6) is -2.61. The molecule has 0 saturated heterocycles. The van der Waals surface area contributed by atoms with Crippen LogP contribution < -0.4 is 18.3 Å². The molecule has 116 heavy (non-hydrogen) atoms. The van der Waals surface area contributed by atoms with Crippen molar-refractivity contribution in [2.45, 2.75) is 130 Å².